The van der Waals surface area contributed by atoms with E-state index in [9.17, 15) is 9.90 Å². The normalized spacial score (nSPS) is 19.8. The highest BCUT2D eigenvalue weighted by Gasteiger charge is 2.27. The zero-order valence-corrected chi connectivity index (χ0v) is 15.7. The van der Waals surface area contributed by atoms with Crippen molar-refractivity contribution >= 4 is 11.3 Å². The van der Waals surface area contributed by atoms with E-state index in [1.807, 2.05) is 24.4 Å². The number of aromatic hydroxyl groups is 1. The van der Waals surface area contributed by atoms with Gasteiger partial charge in [0, 0.05) is 29.4 Å². The van der Waals surface area contributed by atoms with Gasteiger partial charge in [-0.15, -0.1) is 11.3 Å². The summed E-state index contributed by atoms with van der Waals surface area (Å²) in [6, 6.07) is 5.61. The fourth-order valence-corrected chi connectivity index (χ4v) is 4.62. The quantitative estimate of drug-likeness (QED) is 0.752. The predicted molar refractivity (Wildman–Crippen MR) is 99.7 cm³/mol. The maximum absolute atomic E-state index is 12.7. The van der Waals surface area contributed by atoms with Gasteiger partial charge in [0.05, 0.1) is 11.7 Å². The second-order valence-electron chi connectivity index (χ2n) is 6.69. The second-order valence-corrected chi connectivity index (χ2v) is 7.67. The van der Waals surface area contributed by atoms with Gasteiger partial charge in [-0.3, -0.25) is 0 Å². The topological polar surface area (TPSA) is 59.7 Å². The summed E-state index contributed by atoms with van der Waals surface area (Å²) in [6.07, 6.45) is 4.80. The van der Waals surface area contributed by atoms with Gasteiger partial charge in [-0.25, -0.2) is 4.79 Å². The van der Waals surface area contributed by atoms with Crippen molar-refractivity contribution in [2.24, 2.45) is 0 Å². The Bertz CT molecular complexity index is 729. The molecule has 5 heteroatoms. The molecule has 0 amide bonds. The lowest BCUT2D eigenvalue weighted by molar-refractivity contribution is 0.0948. The van der Waals surface area contributed by atoms with Crippen LogP contribution in [0.4, 0.5) is 0 Å². The Balaban J connectivity index is 1.89. The first-order valence-corrected chi connectivity index (χ1v) is 10.0. The summed E-state index contributed by atoms with van der Waals surface area (Å²) in [4.78, 5) is 13.7. The summed E-state index contributed by atoms with van der Waals surface area (Å²) in [6.45, 7) is 4.91. The van der Waals surface area contributed by atoms with E-state index in [0.717, 1.165) is 43.6 Å². The summed E-state index contributed by atoms with van der Waals surface area (Å²) in [7, 11) is 0. The molecule has 25 heavy (non-hydrogen) atoms. The first-order chi connectivity index (χ1) is 12.1. The Labute approximate surface area is 152 Å². The zero-order chi connectivity index (χ0) is 17.8. The van der Waals surface area contributed by atoms with Crippen LogP contribution in [0, 0.1) is 0 Å². The molecule has 0 aromatic carbocycles. The summed E-state index contributed by atoms with van der Waals surface area (Å²) in [5.41, 5.74) is -0.0401. The third-order valence-corrected chi connectivity index (χ3v) is 6.08. The maximum Gasteiger partial charge on any atom is 0.343 e. The van der Waals surface area contributed by atoms with Crippen molar-refractivity contribution in [3.8, 4) is 5.75 Å². The molecule has 3 heterocycles. The molecule has 0 spiro atoms. The van der Waals surface area contributed by atoms with Crippen molar-refractivity contribution in [3.05, 3.63) is 50.2 Å². The van der Waals surface area contributed by atoms with E-state index in [-0.39, 0.29) is 23.7 Å². The van der Waals surface area contributed by atoms with E-state index < -0.39 is 5.63 Å². The number of rotatable bonds is 7. The number of thiophene rings is 1. The predicted octanol–water partition coefficient (Wildman–Crippen LogP) is 5.01. The van der Waals surface area contributed by atoms with Crippen molar-refractivity contribution < 1.29 is 14.3 Å². The van der Waals surface area contributed by atoms with Crippen molar-refractivity contribution in [1.82, 2.24) is 0 Å². The smallest absolute Gasteiger partial charge is 0.343 e. The molecule has 2 aromatic heterocycles. The lowest BCUT2D eigenvalue weighted by Gasteiger charge is -2.20. The molecule has 3 unspecified atom stereocenters. The molecule has 0 bridgehead atoms. The second kappa shape index (κ2) is 8.19. The Hall–Kier alpha value is -1.59. The molecule has 4 nitrogen and oxygen atoms in total. The summed E-state index contributed by atoms with van der Waals surface area (Å²) in [5.74, 6) is 0.601. The molecule has 1 aliphatic heterocycles. The maximum atomic E-state index is 12.7. The van der Waals surface area contributed by atoms with E-state index in [1.165, 1.54) is 0 Å². The fourth-order valence-electron chi connectivity index (χ4n) is 3.70. The first kappa shape index (κ1) is 18.2. The van der Waals surface area contributed by atoms with Crippen LogP contribution in [0.3, 0.4) is 0 Å². The highest BCUT2D eigenvalue weighted by atomic mass is 32.1. The number of ether oxygens (including phenoxy) is 1. The van der Waals surface area contributed by atoms with Gasteiger partial charge in [0.25, 0.3) is 0 Å². The van der Waals surface area contributed by atoms with Gasteiger partial charge in [-0.2, -0.15) is 0 Å². The van der Waals surface area contributed by atoms with Gasteiger partial charge in [-0.05, 0) is 43.6 Å². The molecule has 0 aliphatic carbocycles. The van der Waals surface area contributed by atoms with E-state index in [0.29, 0.717) is 11.3 Å². The number of hydrogen-bond donors (Lipinski definition) is 1. The molecule has 3 rings (SSSR count). The molecule has 0 saturated carbocycles. The largest absolute Gasteiger partial charge is 0.507 e. The van der Waals surface area contributed by atoms with Gasteiger partial charge >= 0.3 is 5.63 Å². The molecule has 0 radical (unpaired) electrons. The summed E-state index contributed by atoms with van der Waals surface area (Å²) >= 11 is 1.60. The third kappa shape index (κ3) is 3.98. The highest BCUT2D eigenvalue weighted by molar-refractivity contribution is 7.10. The molecule has 2 aromatic rings. The molecule has 3 atom stereocenters. The lowest BCUT2D eigenvalue weighted by Crippen LogP contribution is -2.17. The fraction of sp³-hybridized carbons (Fsp3) is 0.550. The van der Waals surface area contributed by atoms with Crippen LogP contribution in [0.15, 0.2) is 32.8 Å². The molecule has 1 fully saturated rings. The van der Waals surface area contributed by atoms with Crippen molar-refractivity contribution in [1.29, 1.82) is 0 Å². The van der Waals surface area contributed by atoms with Crippen molar-refractivity contribution in [2.75, 3.05) is 6.61 Å². The van der Waals surface area contributed by atoms with Gasteiger partial charge in [-0.1, -0.05) is 19.9 Å². The minimum absolute atomic E-state index is 0.0530. The van der Waals surface area contributed by atoms with Gasteiger partial charge in [0.2, 0.25) is 0 Å². The van der Waals surface area contributed by atoms with Crippen LogP contribution in [-0.2, 0) is 4.74 Å². The average Bonchev–Trinajstić information content (AvgIpc) is 3.29. The van der Waals surface area contributed by atoms with Crippen LogP contribution in [0.25, 0.3) is 0 Å². The SMILES string of the molecule is CCC(CC1CCCO1)c1cc(O)c(C(CC)c2cccs2)c(=O)o1. The summed E-state index contributed by atoms with van der Waals surface area (Å²) < 4.78 is 11.4. The summed E-state index contributed by atoms with van der Waals surface area (Å²) in [5, 5.41) is 12.6. The molecular weight excluding hydrogens is 336 g/mol. The van der Waals surface area contributed by atoms with Crippen LogP contribution in [0.2, 0.25) is 0 Å². The molecular formula is C20H26O4S. The van der Waals surface area contributed by atoms with Crippen LogP contribution in [0.1, 0.15) is 74.0 Å². The van der Waals surface area contributed by atoms with Gasteiger partial charge in [0.1, 0.15) is 11.5 Å². The Kier molecular flexibility index (Phi) is 5.97. The van der Waals surface area contributed by atoms with Crippen LogP contribution < -0.4 is 5.63 Å². The van der Waals surface area contributed by atoms with Gasteiger partial charge < -0.3 is 14.3 Å². The van der Waals surface area contributed by atoms with Crippen LogP contribution in [0.5, 0.6) is 5.75 Å². The standard InChI is InChI=1S/C20H26O4S/c1-3-13(11-14-7-5-9-23-14)17-12-16(21)19(20(22)24-17)15(4-2)18-8-6-10-25-18/h6,8,10,12-15,21H,3-5,7,9,11H2,1-2H3. The molecule has 1 saturated heterocycles. The minimum atomic E-state index is -0.416. The van der Waals surface area contributed by atoms with E-state index in [4.69, 9.17) is 9.15 Å². The lowest BCUT2D eigenvalue weighted by atomic mass is 9.92. The van der Waals surface area contributed by atoms with E-state index in [1.54, 1.807) is 17.4 Å². The third-order valence-electron chi connectivity index (χ3n) is 5.10. The Morgan fingerprint density at radius 2 is 2.20 bits per heavy atom. The van der Waals surface area contributed by atoms with Crippen LogP contribution >= 0.6 is 11.3 Å². The average molecular weight is 362 g/mol. The van der Waals surface area contributed by atoms with Crippen LogP contribution in [-0.4, -0.2) is 17.8 Å². The molecule has 136 valence electrons. The molecule has 1 N–H and O–H groups in total. The first-order valence-electron chi connectivity index (χ1n) is 9.15. The van der Waals surface area contributed by atoms with E-state index >= 15 is 0 Å². The van der Waals surface area contributed by atoms with Crippen molar-refractivity contribution in [2.45, 2.75) is 63.9 Å². The Morgan fingerprint density at radius 1 is 1.36 bits per heavy atom. The van der Waals surface area contributed by atoms with E-state index in [2.05, 4.69) is 6.92 Å². The zero-order valence-electron chi connectivity index (χ0n) is 14.9. The highest BCUT2D eigenvalue weighted by Crippen LogP contribution is 2.36. The minimum Gasteiger partial charge on any atom is -0.507 e. The molecule has 1 aliphatic rings. The van der Waals surface area contributed by atoms with Gasteiger partial charge in [0.15, 0.2) is 0 Å². The number of hydrogen-bond acceptors (Lipinski definition) is 5. The van der Waals surface area contributed by atoms with Crippen molar-refractivity contribution in [3.63, 3.8) is 0 Å². The monoisotopic (exact) mass is 362 g/mol. The Morgan fingerprint density at radius 3 is 2.76 bits per heavy atom.